The summed E-state index contributed by atoms with van der Waals surface area (Å²) in [6.07, 6.45) is 20.5. The molecule has 3 aromatic carbocycles. The number of carbonyl (C=O) groups excluding carboxylic acids is 3. The van der Waals surface area contributed by atoms with Gasteiger partial charge in [-0.3, -0.25) is 19.5 Å². The van der Waals surface area contributed by atoms with Crippen LogP contribution in [0.3, 0.4) is 0 Å². The number of H-pyrrole nitrogens is 1. The Kier molecular flexibility index (Phi) is 16.4. The second-order valence-electron chi connectivity index (χ2n) is 25.5. The normalized spacial score (nSPS) is 16.6. The van der Waals surface area contributed by atoms with Gasteiger partial charge in [0.15, 0.2) is 11.5 Å². The van der Waals surface area contributed by atoms with Crippen LogP contribution in [0.5, 0.6) is 0 Å². The zero-order valence-corrected chi connectivity index (χ0v) is 54.2. The third-order valence-electron chi connectivity index (χ3n) is 19.5. The number of benzene rings is 3. The fraction of sp³-hybridized carbons (Fsp3) is 0.260. The maximum Gasteiger partial charge on any atom is 0.254 e. The maximum absolute atomic E-state index is 12.8. The quantitative estimate of drug-likeness (QED) is 0.0545. The Morgan fingerprint density at radius 2 is 1.01 bits per heavy atom. The summed E-state index contributed by atoms with van der Waals surface area (Å²) < 4.78 is 5.75. The van der Waals surface area contributed by atoms with E-state index >= 15 is 0 Å². The summed E-state index contributed by atoms with van der Waals surface area (Å²) in [6, 6.07) is 32.0. The van der Waals surface area contributed by atoms with Gasteiger partial charge in [0.05, 0.1) is 69.8 Å². The number of rotatable bonds is 12. The summed E-state index contributed by atoms with van der Waals surface area (Å²) in [5, 5.41) is 49.9. The molecule has 25 heteroatoms. The van der Waals surface area contributed by atoms with E-state index in [0.717, 1.165) is 189 Å². The van der Waals surface area contributed by atoms with E-state index in [4.69, 9.17) is 0 Å². The number of carbonyl (C=O) groups is 3. The smallest absolute Gasteiger partial charge is 0.254 e. The van der Waals surface area contributed by atoms with Gasteiger partial charge in [-0.15, -0.1) is 0 Å². The molecule has 0 unspecified atom stereocenters. The predicted molar refractivity (Wildman–Crippen MR) is 379 cm³/mol. The predicted octanol–water partition coefficient (Wildman–Crippen LogP) is 9.19. The van der Waals surface area contributed by atoms with Crippen LogP contribution in [0.25, 0.3) is 61.1 Å². The first-order chi connectivity index (χ1) is 48.0. The minimum absolute atomic E-state index is 0.0585. The number of piperidine rings is 2. The molecule has 98 heavy (non-hydrogen) atoms. The van der Waals surface area contributed by atoms with Gasteiger partial charge in [-0.25, -0.2) is 29.4 Å². The van der Waals surface area contributed by atoms with Gasteiger partial charge in [-0.1, -0.05) is 18.2 Å². The lowest BCUT2D eigenvalue weighted by Gasteiger charge is -2.31. The Bertz CT molecular complexity index is 5020. The van der Waals surface area contributed by atoms with Crippen molar-refractivity contribution in [3.63, 3.8) is 0 Å². The Morgan fingerprint density at radius 1 is 0.490 bits per heavy atom. The third-order valence-corrected chi connectivity index (χ3v) is 19.5. The van der Waals surface area contributed by atoms with Crippen molar-refractivity contribution in [3.8, 4) is 33.4 Å². The van der Waals surface area contributed by atoms with Crippen molar-refractivity contribution in [3.05, 3.63) is 192 Å². The number of piperazine rings is 1. The van der Waals surface area contributed by atoms with Gasteiger partial charge in [0.2, 0.25) is 0 Å². The summed E-state index contributed by atoms with van der Waals surface area (Å²) in [6.45, 7) is 9.00. The number of anilines is 8. The number of amides is 3. The monoisotopic (exact) mass is 1310 g/mol. The first kappa shape index (κ1) is 61.3. The highest BCUT2D eigenvalue weighted by atomic mass is 16.3. The molecule has 0 saturated carbocycles. The Labute approximate surface area is 563 Å². The molecule has 25 nitrogen and oxygen atoms in total. The lowest BCUT2D eigenvalue weighted by Crippen LogP contribution is -2.43. The van der Waals surface area contributed by atoms with Crippen LogP contribution in [-0.2, 0) is 33.7 Å². The number of hydrogen-bond donors (Lipinski definition) is 10. The molecule has 0 bridgehead atoms. The van der Waals surface area contributed by atoms with E-state index in [1.807, 2.05) is 127 Å². The van der Waals surface area contributed by atoms with E-state index in [9.17, 15) is 19.5 Å². The van der Waals surface area contributed by atoms with Crippen LogP contribution in [-0.4, -0.2) is 135 Å². The van der Waals surface area contributed by atoms with Gasteiger partial charge in [-0.2, -0.15) is 10.2 Å². The molecule has 3 amide bonds. The van der Waals surface area contributed by atoms with Gasteiger partial charge in [0.1, 0.15) is 22.9 Å². The second-order valence-corrected chi connectivity index (χ2v) is 25.5. The van der Waals surface area contributed by atoms with E-state index in [1.54, 1.807) is 16.9 Å². The number of pyridine rings is 4. The van der Waals surface area contributed by atoms with Gasteiger partial charge in [0.25, 0.3) is 17.7 Å². The van der Waals surface area contributed by atoms with Crippen LogP contribution in [0.1, 0.15) is 85.1 Å². The first-order valence-electron chi connectivity index (χ1n) is 33.3. The topological polar surface area (TPSA) is 294 Å². The van der Waals surface area contributed by atoms with Crippen LogP contribution < -0.4 is 52.3 Å². The van der Waals surface area contributed by atoms with E-state index in [-0.39, 0.29) is 23.8 Å². The van der Waals surface area contributed by atoms with Crippen molar-refractivity contribution in [1.29, 1.82) is 0 Å². The third kappa shape index (κ3) is 11.8. The fourth-order valence-corrected chi connectivity index (χ4v) is 14.5. The van der Waals surface area contributed by atoms with Crippen molar-refractivity contribution in [1.82, 2.24) is 80.4 Å². The molecule has 0 aliphatic carbocycles. The fourth-order valence-electron chi connectivity index (χ4n) is 14.5. The average Bonchev–Trinajstić information content (AvgIpc) is 1.58. The van der Waals surface area contributed by atoms with Gasteiger partial charge in [0, 0.05) is 144 Å². The minimum atomic E-state index is -0.288. The van der Waals surface area contributed by atoms with Crippen molar-refractivity contribution in [2.24, 2.45) is 14.1 Å². The Hall–Kier alpha value is -11.5. The maximum atomic E-state index is 12.8. The molecular formula is C73H73N21O4. The van der Waals surface area contributed by atoms with Crippen LogP contribution in [0.15, 0.2) is 153 Å². The van der Waals surface area contributed by atoms with Crippen molar-refractivity contribution in [2.45, 2.75) is 57.3 Å². The molecule has 0 radical (unpaired) electrons. The highest BCUT2D eigenvalue weighted by Gasteiger charge is 2.31. The molecule has 18 rings (SSSR count). The molecule has 9 aromatic heterocycles. The summed E-state index contributed by atoms with van der Waals surface area (Å²) in [5.41, 5.74) is 19.1. The van der Waals surface area contributed by atoms with Gasteiger partial charge >= 0.3 is 0 Å². The number of nitrogens with zero attached hydrogens (tertiary/aromatic N) is 12. The summed E-state index contributed by atoms with van der Waals surface area (Å²) >= 11 is 0. The number of aliphatic hydroxyl groups excluding tert-OH is 1. The van der Waals surface area contributed by atoms with Crippen LogP contribution >= 0.6 is 0 Å². The molecule has 1 atom stereocenters. The van der Waals surface area contributed by atoms with Gasteiger partial charge in [-0.05, 0) is 156 Å². The highest BCUT2D eigenvalue weighted by molar-refractivity contribution is 6.09. The number of hydrogen-bond acceptors (Lipinski definition) is 18. The Morgan fingerprint density at radius 3 is 1.55 bits per heavy atom. The minimum Gasteiger partial charge on any atom is -0.391 e. The van der Waals surface area contributed by atoms with E-state index in [2.05, 4.69) is 129 Å². The van der Waals surface area contributed by atoms with Gasteiger partial charge < -0.3 is 66.6 Å². The van der Waals surface area contributed by atoms with E-state index in [1.165, 1.54) is 0 Å². The van der Waals surface area contributed by atoms with Crippen molar-refractivity contribution < 1.29 is 19.5 Å². The number of aromatic nitrogens is 11. The molecule has 12 aromatic rings. The van der Waals surface area contributed by atoms with E-state index in [0.29, 0.717) is 60.4 Å². The Balaban J connectivity index is 0.000000115. The SMILES string of the molecule is Cn1ccc2c(-c3ccc(Nc4cc(C5CCNCC5)[nH]n4)c4c3CNC4=O)ccnc21.Cn1ccc2c(-c3ccc(Nc4ccc(N5CCC[C@H](O)C5)cn4)c4c3CNC4=O)ccnc21.O=C1NCc2c(-c3cnn4cccnc34)ccc(Nc3ccc(N4CCNCC4)cn3)c21. The second kappa shape index (κ2) is 26.2. The highest BCUT2D eigenvalue weighted by Crippen LogP contribution is 2.41. The lowest BCUT2D eigenvalue weighted by atomic mass is 9.94. The molecule has 6 aliphatic heterocycles. The number of aliphatic hydroxyl groups is 1. The molecular weight excluding hydrogens is 1230 g/mol. The van der Waals surface area contributed by atoms with Crippen LogP contribution in [0.4, 0.5) is 45.9 Å². The summed E-state index contributed by atoms with van der Waals surface area (Å²) in [5.74, 6) is 2.37. The molecule has 6 aliphatic rings. The van der Waals surface area contributed by atoms with Crippen LogP contribution in [0, 0.1) is 0 Å². The number of nitrogens with one attached hydrogen (secondary N) is 9. The number of fused-ring (bicyclic) bond motifs is 6. The zero-order valence-electron chi connectivity index (χ0n) is 54.2. The summed E-state index contributed by atoms with van der Waals surface area (Å²) in [4.78, 5) is 65.4. The molecule has 3 saturated heterocycles. The van der Waals surface area contributed by atoms with Crippen LogP contribution in [0.2, 0.25) is 0 Å². The number of aryl methyl sites for hydroxylation is 2. The average molecular weight is 1310 g/mol. The standard InChI is InChI=1S/C26H26N6O2.C24H25N7O.C23H22N8O/c1-31-12-9-20-19(8-10-27-25(20)31)18-5-6-22(24-21(18)14-29-26(24)34)30-23-7-4-16(13-28-23)32-11-2-3-17(33)15-32;1-31-11-7-17-16(6-10-26-23(17)31)15-2-3-19(22-18(15)13-27-24(22)32)28-21-12-20(29-30-21)14-4-8-25-9-5-14;32-23-21-17(13-27-23)16(18-14-28-31-9-1-6-25-22(18)31)3-4-19(21)29-20-5-2-15(12-26-20)30-10-7-24-8-11-30/h4-10,12-13,17,33H,2-3,11,14-15H2,1H3,(H,28,30)(H,29,34);2-3,6-7,10-12,14,25H,4-5,8-9,13H2,1H3,(H,27,32)(H2,28,29,30);1-6,9,12,14,24H,7-8,10-11,13H2,(H,26,29)(H,27,32)/t17-;;/m0../s1. The van der Waals surface area contributed by atoms with E-state index < -0.39 is 0 Å². The molecule has 15 heterocycles. The molecule has 10 N–H and O–H groups in total. The largest absolute Gasteiger partial charge is 0.391 e. The molecule has 3 fully saturated rings. The molecule has 0 spiro atoms. The lowest BCUT2D eigenvalue weighted by molar-refractivity contribution is 0.0958. The zero-order chi connectivity index (χ0) is 66.4. The van der Waals surface area contributed by atoms with Crippen molar-refractivity contribution >= 4 is 91.3 Å². The van der Waals surface area contributed by atoms with Crippen molar-refractivity contribution in [2.75, 3.05) is 78.1 Å². The first-order valence-corrected chi connectivity index (χ1v) is 33.3. The molecule has 494 valence electrons. The summed E-state index contributed by atoms with van der Waals surface area (Å²) in [7, 11) is 3.97. The number of aromatic amines is 1. The number of β-amino-alcohol motifs (C(OH)–C–C–N with tert-alkyl or cyclic N) is 1.